The van der Waals surface area contributed by atoms with Crippen molar-refractivity contribution < 1.29 is 9.90 Å². The Labute approximate surface area is 95.7 Å². The molecule has 1 aliphatic heterocycles. The van der Waals surface area contributed by atoms with Crippen molar-refractivity contribution in [1.29, 1.82) is 0 Å². The molecule has 1 aliphatic rings. The second-order valence-electron chi connectivity index (χ2n) is 4.49. The summed E-state index contributed by atoms with van der Waals surface area (Å²) in [5.74, 6) is 0.171. The third-order valence-corrected chi connectivity index (χ3v) is 3.31. The fourth-order valence-electron chi connectivity index (χ4n) is 2.31. The van der Waals surface area contributed by atoms with Gasteiger partial charge in [-0.3, -0.25) is 4.79 Å². The number of benzene rings is 1. The topological polar surface area (TPSA) is 40.5 Å². The van der Waals surface area contributed by atoms with E-state index in [1.165, 1.54) is 0 Å². The fourth-order valence-corrected chi connectivity index (χ4v) is 2.31. The van der Waals surface area contributed by atoms with Crippen LogP contribution < -0.4 is 4.90 Å². The van der Waals surface area contributed by atoms with Crippen molar-refractivity contribution in [2.45, 2.75) is 26.3 Å². The van der Waals surface area contributed by atoms with Crippen molar-refractivity contribution in [3.8, 4) is 0 Å². The Hall–Kier alpha value is -1.35. The molecule has 1 aromatic rings. The van der Waals surface area contributed by atoms with Crippen molar-refractivity contribution in [2.75, 3.05) is 11.5 Å². The number of carbonyl (C=O) groups is 1. The molecule has 0 radical (unpaired) electrons. The minimum Gasteiger partial charge on any atom is -0.396 e. The summed E-state index contributed by atoms with van der Waals surface area (Å²) in [5, 5.41) is 9.19. The summed E-state index contributed by atoms with van der Waals surface area (Å²) in [6, 6.07) is 8.00. The van der Waals surface area contributed by atoms with Crippen molar-refractivity contribution in [1.82, 2.24) is 0 Å². The number of nitrogens with zero attached hydrogens (tertiary/aromatic N) is 1. The molecule has 3 nitrogen and oxygen atoms in total. The second kappa shape index (κ2) is 4.26. The first kappa shape index (κ1) is 11.1. The predicted octanol–water partition coefficient (Wildman–Crippen LogP) is 1.73. The van der Waals surface area contributed by atoms with Crippen LogP contribution in [0, 0.1) is 12.8 Å². The summed E-state index contributed by atoms with van der Waals surface area (Å²) in [4.78, 5) is 13.7. The van der Waals surface area contributed by atoms with E-state index in [2.05, 4.69) is 0 Å². The highest BCUT2D eigenvalue weighted by Crippen LogP contribution is 2.30. The molecular weight excluding hydrogens is 202 g/mol. The largest absolute Gasteiger partial charge is 0.396 e. The van der Waals surface area contributed by atoms with Crippen LogP contribution in [-0.2, 0) is 4.79 Å². The molecule has 1 aromatic carbocycles. The molecule has 0 aliphatic carbocycles. The molecular formula is C13H17NO2. The van der Waals surface area contributed by atoms with Crippen LogP contribution in [0.3, 0.4) is 0 Å². The Bertz CT molecular complexity index is 403. The van der Waals surface area contributed by atoms with E-state index in [-0.39, 0.29) is 24.5 Å². The lowest BCUT2D eigenvalue weighted by Gasteiger charge is -2.24. The van der Waals surface area contributed by atoms with Crippen LogP contribution >= 0.6 is 0 Å². The maximum absolute atomic E-state index is 11.9. The number of aliphatic hydroxyl groups excluding tert-OH is 1. The number of amides is 1. The van der Waals surface area contributed by atoms with E-state index in [4.69, 9.17) is 0 Å². The lowest BCUT2D eigenvalue weighted by Crippen LogP contribution is -2.33. The van der Waals surface area contributed by atoms with Gasteiger partial charge in [0, 0.05) is 30.7 Å². The molecule has 0 aromatic heterocycles. The average Bonchev–Trinajstić information content (AvgIpc) is 2.53. The summed E-state index contributed by atoms with van der Waals surface area (Å²) >= 11 is 0. The van der Waals surface area contributed by atoms with Gasteiger partial charge >= 0.3 is 0 Å². The van der Waals surface area contributed by atoms with Crippen LogP contribution in [0.5, 0.6) is 0 Å². The number of hydrogen-bond donors (Lipinski definition) is 1. The van der Waals surface area contributed by atoms with E-state index in [1.54, 1.807) is 4.90 Å². The highest BCUT2D eigenvalue weighted by Gasteiger charge is 2.37. The molecule has 2 rings (SSSR count). The zero-order chi connectivity index (χ0) is 11.7. The molecule has 0 bridgehead atoms. The van der Waals surface area contributed by atoms with Crippen LogP contribution in [0.2, 0.25) is 0 Å². The minimum absolute atomic E-state index is 0.0630. The summed E-state index contributed by atoms with van der Waals surface area (Å²) in [6.45, 7) is 4.08. The van der Waals surface area contributed by atoms with E-state index < -0.39 is 0 Å². The monoisotopic (exact) mass is 219 g/mol. The smallest absolute Gasteiger partial charge is 0.227 e. The van der Waals surface area contributed by atoms with Crippen molar-refractivity contribution in [2.24, 2.45) is 5.92 Å². The summed E-state index contributed by atoms with van der Waals surface area (Å²) in [7, 11) is 0. The van der Waals surface area contributed by atoms with Gasteiger partial charge < -0.3 is 10.0 Å². The van der Waals surface area contributed by atoms with Gasteiger partial charge in [0.25, 0.3) is 0 Å². The molecule has 1 saturated heterocycles. The highest BCUT2D eigenvalue weighted by molar-refractivity contribution is 5.96. The highest BCUT2D eigenvalue weighted by atomic mass is 16.3. The van der Waals surface area contributed by atoms with E-state index in [1.807, 2.05) is 38.1 Å². The second-order valence-corrected chi connectivity index (χ2v) is 4.49. The van der Waals surface area contributed by atoms with Gasteiger partial charge in [0.05, 0.1) is 0 Å². The molecule has 1 fully saturated rings. The number of aryl methyl sites for hydroxylation is 1. The first-order valence-corrected chi connectivity index (χ1v) is 5.63. The Morgan fingerprint density at radius 3 is 2.81 bits per heavy atom. The summed E-state index contributed by atoms with van der Waals surface area (Å²) < 4.78 is 0. The quantitative estimate of drug-likeness (QED) is 0.823. The Morgan fingerprint density at radius 2 is 2.25 bits per heavy atom. The lowest BCUT2D eigenvalue weighted by atomic mass is 10.0. The molecule has 0 saturated carbocycles. The first-order chi connectivity index (χ1) is 7.63. The first-order valence-electron chi connectivity index (χ1n) is 5.63. The van der Waals surface area contributed by atoms with Gasteiger partial charge in [0.15, 0.2) is 0 Å². The maximum atomic E-state index is 11.9. The Morgan fingerprint density at radius 1 is 1.50 bits per heavy atom. The van der Waals surface area contributed by atoms with Crippen LogP contribution in [-0.4, -0.2) is 23.7 Å². The summed E-state index contributed by atoms with van der Waals surface area (Å²) in [6.07, 6.45) is 0.450. The fraction of sp³-hybridized carbons (Fsp3) is 0.462. The molecule has 16 heavy (non-hydrogen) atoms. The van der Waals surface area contributed by atoms with Crippen LogP contribution in [0.25, 0.3) is 0 Å². The number of anilines is 1. The van der Waals surface area contributed by atoms with E-state index >= 15 is 0 Å². The van der Waals surface area contributed by atoms with Gasteiger partial charge in [0.2, 0.25) is 5.91 Å². The van der Waals surface area contributed by atoms with Crippen LogP contribution in [0.15, 0.2) is 24.3 Å². The number of hydrogen-bond acceptors (Lipinski definition) is 2. The third-order valence-electron chi connectivity index (χ3n) is 3.31. The van der Waals surface area contributed by atoms with Gasteiger partial charge in [-0.2, -0.15) is 0 Å². The SMILES string of the molecule is Cc1cccc(N2C(=O)CC(CO)C2C)c1. The van der Waals surface area contributed by atoms with E-state index in [0.717, 1.165) is 11.3 Å². The van der Waals surface area contributed by atoms with Gasteiger partial charge in [-0.05, 0) is 31.5 Å². The molecule has 1 heterocycles. The van der Waals surface area contributed by atoms with Gasteiger partial charge in [-0.15, -0.1) is 0 Å². The van der Waals surface area contributed by atoms with Gasteiger partial charge in [-0.1, -0.05) is 12.1 Å². The van der Waals surface area contributed by atoms with Crippen LogP contribution in [0.1, 0.15) is 18.9 Å². The molecule has 2 atom stereocenters. The molecule has 86 valence electrons. The maximum Gasteiger partial charge on any atom is 0.227 e. The zero-order valence-electron chi connectivity index (χ0n) is 9.68. The Balaban J connectivity index is 2.30. The molecule has 2 unspecified atom stereocenters. The standard InChI is InChI=1S/C13H17NO2/c1-9-4-3-5-12(6-9)14-10(2)11(8-15)7-13(14)16/h3-6,10-11,15H,7-8H2,1-2H3. The van der Waals surface area contributed by atoms with E-state index in [9.17, 15) is 9.90 Å². The molecule has 3 heteroatoms. The predicted molar refractivity (Wildman–Crippen MR) is 63.3 cm³/mol. The van der Waals surface area contributed by atoms with Gasteiger partial charge in [-0.25, -0.2) is 0 Å². The molecule has 0 spiro atoms. The van der Waals surface area contributed by atoms with Crippen LogP contribution in [0.4, 0.5) is 5.69 Å². The van der Waals surface area contributed by atoms with Gasteiger partial charge in [0.1, 0.15) is 0 Å². The van der Waals surface area contributed by atoms with Crippen molar-refractivity contribution in [3.05, 3.63) is 29.8 Å². The summed E-state index contributed by atoms with van der Waals surface area (Å²) in [5.41, 5.74) is 2.08. The zero-order valence-corrected chi connectivity index (χ0v) is 9.68. The third kappa shape index (κ3) is 1.83. The van der Waals surface area contributed by atoms with Crippen molar-refractivity contribution >= 4 is 11.6 Å². The normalized spacial score (nSPS) is 25.2. The van der Waals surface area contributed by atoms with E-state index in [0.29, 0.717) is 6.42 Å². The number of rotatable bonds is 2. The van der Waals surface area contributed by atoms with Crippen molar-refractivity contribution in [3.63, 3.8) is 0 Å². The molecule has 1 amide bonds. The number of aliphatic hydroxyl groups is 1. The number of carbonyl (C=O) groups excluding carboxylic acids is 1. The minimum atomic E-state index is 0.0630. The molecule has 1 N–H and O–H groups in total. The average molecular weight is 219 g/mol. The lowest BCUT2D eigenvalue weighted by molar-refractivity contribution is -0.117. The Kier molecular flexibility index (Phi) is 2.97.